The van der Waals surface area contributed by atoms with Gasteiger partial charge in [0.05, 0.1) is 18.6 Å². The lowest BCUT2D eigenvalue weighted by Crippen LogP contribution is -2.61. The van der Waals surface area contributed by atoms with Gasteiger partial charge in [-0.15, -0.1) is 0 Å². The number of amides is 7. The number of rotatable bonds is 18. The van der Waals surface area contributed by atoms with Gasteiger partial charge in [0, 0.05) is 19.6 Å². The minimum absolute atomic E-state index is 0.0218. The SMILES string of the molecule is CSCC[C@H](N)C(=O)N[C@@H](CC(C)C)C(=O)N[C@H](C(=O)N1CCC[C@H]1C(=O)N1CCC[C@H]1C(=O)N[C@@H](CC(N)=O)C(=O)N1CCC[C@H]1C(=O)O)[C@@H](C)O. The molecular formula is C34H56N8O10S. The third-order valence-electron chi connectivity index (χ3n) is 9.86. The molecule has 53 heavy (non-hydrogen) atoms. The van der Waals surface area contributed by atoms with Crippen molar-refractivity contribution >= 4 is 59.1 Å². The average molecular weight is 769 g/mol. The second-order valence-corrected chi connectivity index (χ2v) is 15.4. The second-order valence-electron chi connectivity index (χ2n) is 14.4. The predicted molar refractivity (Wildman–Crippen MR) is 194 cm³/mol. The number of nitrogens with zero attached hydrogens (tertiary/aromatic N) is 3. The minimum atomic E-state index is -1.45. The Morgan fingerprint density at radius 3 is 1.89 bits per heavy atom. The number of likely N-dealkylation sites (tertiary alicyclic amines) is 3. The first kappa shape index (κ1) is 43.4. The summed E-state index contributed by atoms with van der Waals surface area (Å²) in [4.78, 5) is 108. The molecule has 8 atom stereocenters. The molecule has 3 saturated heterocycles. The van der Waals surface area contributed by atoms with Crippen LogP contribution in [0.1, 0.15) is 78.6 Å². The standard InChI is InChI=1S/C34H56N8O10S/c1-18(2)16-21(37-28(45)20(35)11-15-53-4)29(46)39-27(19(3)43)33(50)41-13-6-9-24(41)32(49)40-12-5-8-23(40)30(47)38-22(17-26(36)44)31(48)42-14-7-10-25(42)34(51)52/h18-25,27,43H,5-17,35H2,1-4H3,(H2,36,44)(H,37,45)(H,38,47)(H,39,46)(H,51,52)/t19-,20+,21+,22+,23+,24+,25+,27+/m1/s1. The molecule has 0 saturated carbocycles. The fraction of sp³-hybridized carbons (Fsp3) is 0.765. The highest BCUT2D eigenvalue weighted by Crippen LogP contribution is 2.27. The maximum absolute atomic E-state index is 14.0. The van der Waals surface area contributed by atoms with E-state index in [9.17, 15) is 48.6 Å². The number of hydrogen-bond acceptors (Lipinski definition) is 11. The third kappa shape index (κ3) is 11.5. The number of aliphatic hydroxyl groups is 1. The molecule has 19 heteroatoms. The number of hydrogen-bond donors (Lipinski definition) is 7. The molecule has 7 amide bonds. The molecule has 3 aliphatic rings. The van der Waals surface area contributed by atoms with Gasteiger partial charge in [0.2, 0.25) is 41.4 Å². The van der Waals surface area contributed by atoms with Crippen LogP contribution in [-0.2, 0) is 38.4 Å². The van der Waals surface area contributed by atoms with Crippen molar-refractivity contribution in [3.8, 4) is 0 Å². The van der Waals surface area contributed by atoms with Crippen molar-refractivity contribution in [1.29, 1.82) is 0 Å². The van der Waals surface area contributed by atoms with Crippen LogP contribution in [0, 0.1) is 5.92 Å². The van der Waals surface area contributed by atoms with Gasteiger partial charge in [-0.2, -0.15) is 11.8 Å². The van der Waals surface area contributed by atoms with Gasteiger partial charge < -0.3 is 52.3 Å². The van der Waals surface area contributed by atoms with Gasteiger partial charge in [-0.05, 0) is 76.2 Å². The summed E-state index contributed by atoms with van der Waals surface area (Å²) in [5, 5.41) is 28.0. The van der Waals surface area contributed by atoms with Crippen molar-refractivity contribution in [3.05, 3.63) is 0 Å². The number of carboxylic acids is 1. The summed E-state index contributed by atoms with van der Waals surface area (Å²) in [5.74, 6) is -5.39. The smallest absolute Gasteiger partial charge is 0.326 e. The molecule has 0 unspecified atom stereocenters. The maximum atomic E-state index is 14.0. The highest BCUT2D eigenvalue weighted by Gasteiger charge is 2.46. The van der Waals surface area contributed by atoms with E-state index in [0.717, 1.165) is 4.90 Å². The zero-order valence-corrected chi connectivity index (χ0v) is 31.8. The van der Waals surface area contributed by atoms with Gasteiger partial charge in [0.15, 0.2) is 0 Å². The monoisotopic (exact) mass is 768 g/mol. The van der Waals surface area contributed by atoms with Crippen molar-refractivity contribution in [2.24, 2.45) is 17.4 Å². The lowest BCUT2D eigenvalue weighted by molar-refractivity contribution is -0.151. The van der Waals surface area contributed by atoms with Gasteiger partial charge in [0.1, 0.15) is 36.3 Å². The zero-order valence-electron chi connectivity index (χ0n) is 31.0. The van der Waals surface area contributed by atoms with Crippen LogP contribution < -0.4 is 27.4 Å². The number of carbonyl (C=O) groups excluding carboxylic acids is 7. The molecular weight excluding hydrogens is 712 g/mol. The Morgan fingerprint density at radius 2 is 1.34 bits per heavy atom. The number of nitrogens with one attached hydrogen (secondary N) is 3. The van der Waals surface area contributed by atoms with Crippen LogP contribution in [0.15, 0.2) is 0 Å². The Labute approximate surface area is 313 Å². The van der Waals surface area contributed by atoms with E-state index in [1.165, 1.54) is 28.5 Å². The average Bonchev–Trinajstić information content (AvgIpc) is 3.88. The summed E-state index contributed by atoms with van der Waals surface area (Å²) in [6.07, 6.45) is 2.59. The molecule has 0 aromatic carbocycles. The first-order valence-corrected chi connectivity index (χ1v) is 19.6. The lowest BCUT2D eigenvalue weighted by atomic mass is 10.0. The highest BCUT2D eigenvalue weighted by molar-refractivity contribution is 7.98. The van der Waals surface area contributed by atoms with Crippen LogP contribution >= 0.6 is 11.8 Å². The van der Waals surface area contributed by atoms with Crippen molar-refractivity contribution < 1.29 is 48.6 Å². The number of primary amides is 1. The molecule has 0 aliphatic carbocycles. The van der Waals surface area contributed by atoms with E-state index < -0.39 is 102 Å². The number of aliphatic hydroxyl groups excluding tert-OH is 1. The van der Waals surface area contributed by atoms with Gasteiger partial charge in [-0.3, -0.25) is 33.6 Å². The zero-order chi connectivity index (χ0) is 39.6. The molecule has 3 aliphatic heterocycles. The molecule has 0 radical (unpaired) electrons. The number of thioether (sulfide) groups is 1. The number of carboxylic acid groups (broad SMARTS) is 1. The Kier molecular flexibility index (Phi) is 16.3. The Balaban J connectivity index is 1.74. The lowest BCUT2D eigenvalue weighted by Gasteiger charge is -2.34. The molecule has 3 fully saturated rings. The van der Waals surface area contributed by atoms with Crippen LogP contribution in [0.25, 0.3) is 0 Å². The molecule has 0 bridgehead atoms. The summed E-state index contributed by atoms with van der Waals surface area (Å²) in [5.41, 5.74) is 11.4. The molecule has 298 valence electrons. The summed E-state index contributed by atoms with van der Waals surface area (Å²) in [6, 6.07) is -7.93. The van der Waals surface area contributed by atoms with Gasteiger partial charge in [-0.25, -0.2) is 4.79 Å². The van der Waals surface area contributed by atoms with E-state index in [4.69, 9.17) is 11.5 Å². The molecule has 0 aromatic rings. The molecule has 3 rings (SSSR count). The van der Waals surface area contributed by atoms with Gasteiger partial charge in [0.25, 0.3) is 0 Å². The fourth-order valence-corrected chi connectivity index (χ4v) is 7.61. The Hall–Kier alpha value is -3.97. The second kappa shape index (κ2) is 19.9. The van der Waals surface area contributed by atoms with Crippen LogP contribution in [0.4, 0.5) is 0 Å². The topological polar surface area (TPSA) is 275 Å². The molecule has 0 spiro atoms. The van der Waals surface area contributed by atoms with Crippen molar-refractivity contribution in [1.82, 2.24) is 30.7 Å². The maximum Gasteiger partial charge on any atom is 0.326 e. The predicted octanol–water partition coefficient (Wildman–Crippen LogP) is -2.12. The van der Waals surface area contributed by atoms with Gasteiger partial charge >= 0.3 is 5.97 Å². The quantitative estimate of drug-likeness (QED) is 0.0789. The summed E-state index contributed by atoms with van der Waals surface area (Å²) in [6.45, 7) is 5.50. The van der Waals surface area contributed by atoms with Crippen LogP contribution in [-0.4, -0.2) is 152 Å². The highest BCUT2D eigenvalue weighted by atomic mass is 32.2. The van der Waals surface area contributed by atoms with E-state index in [1.54, 1.807) is 0 Å². The summed E-state index contributed by atoms with van der Waals surface area (Å²) < 4.78 is 0. The van der Waals surface area contributed by atoms with E-state index in [-0.39, 0.29) is 51.2 Å². The largest absolute Gasteiger partial charge is 0.480 e. The van der Waals surface area contributed by atoms with Crippen molar-refractivity contribution in [3.63, 3.8) is 0 Å². The van der Waals surface area contributed by atoms with E-state index >= 15 is 0 Å². The number of aliphatic carboxylic acids is 1. The number of carbonyl (C=O) groups is 8. The molecule has 18 nitrogen and oxygen atoms in total. The Morgan fingerprint density at radius 1 is 0.774 bits per heavy atom. The first-order valence-electron chi connectivity index (χ1n) is 18.2. The van der Waals surface area contributed by atoms with E-state index in [2.05, 4.69) is 16.0 Å². The summed E-state index contributed by atoms with van der Waals surface area (Å²) >= 11 is 1.53. The van der Waals surface area contributed by atoms with Crippen LogP contribution in [0.5, 0.6) is 0 Å². The molecule has 9 N–H and O–H groups in total. The van der Waals surface area contributed by atoms with Crippen molar-refractivity contribution in [2.75, 3.05) is 31.6 Å². The van der Waals surface area contributed by atoms with Crippen LogP contribution in [0.2, 0.25) is 0 Å². The first-order chi connectivity index (χ1) is 25.0. The third-order valence-corrected chi connectivity index (χ3v) is 10.5. The van der Waals surface area contributed by atoms with Crippen LogP contribution in [0.3, 0.4) is 0 Å². The fourth-order valence-electron chi connectivity index (χ4n) is 7.12. The van der Waals surface area contributed by atoms with E-state index in [0.29, 0.717) is 31.4 Å². The normalized spacial score (nSPS) is 22.8. The molecule has 3 heterocycles. The van der Waals surface area contributed by atoms with E-state index in [1.807, 2.05) is 20.1 Å². The van der Waals surface area contributed by atoms with Crippen molar-refractivity contribution in [2.45, 2.75) is 127 Å². The van der Waals surface area contributed by atoms with Gasteiger partial charge in [-0.1, -0.05) is 13.8 Å². The molecule has 0 aromatic heterocycles. The number of nitrogens with two attached hydrogens (primary N) is 2. The minimum Gasteiger partial charge on any atom is -0.480 e. The summed E-state index contributed by atoms with van der Waals surface area (Å²) in [7, 11) is 0. The Bertz CT molecular complexity index is 1380.